The molecule has 3 aliphatic rings. The Morgan fingerprint density at radius 1 is 1.17 bits per heavy atom. The summed E-state index contributed by atoms with van der Waals surface area (Å²) in [6.45, 7) is 2.35. The minimum absolute atomic E-state index is 0.0565. The number of carbonyl (C=O) groups excluding carboxylic acids is 3. The number of nitrogens with zero attached hydrogens (tertiary/aromatic N) is 1. The molecule has 2 N–H and O–H groups in total. The van der Waals surface area contributed by atoms with E-state index in [1.807, 2.05) is 0 Å². The molecule has 3 fully saturated rings. The largest absolute Gasteiger partial charge is 0.353 e. The second-order valence-electron chi connectivity index (χ2n) is 7.72. The van der Waals surface area contributed by atoms with Gasteiger partial charge in [-0.2, -0.15) is 0 Å². The highest BCUT2D eigenvalue weighted by molar-refractivity contribution is 6.07. The SMILES string of the molecule is C[C@H]1CCCC[C@@H]1NC(=O)CCN1C(=O)NC2(CCCCC2)C1=O. The zero-order valence-corrected chi connectivity index (χ0v) is 14.6. The Morgan fingerprint density at radius 3 is 2.58 bits per heavy atom. The van der Waals surface area contributed by atoms with Crippen LogP contribution in [-0.4, -0.2) is 40.9 Å². The Morgan fingerprint density at radius 2 is 1.88 bits per heavy atom. The maximum absolute atomic E-state index is 12.7. The van der Waals surface area contributed by atoms with E-state index in [9.17, 15) is 14.4 Å². The molecule has 6 heteroatoms. The molecule has 4 amide bonds. The number of imide groups is 1. The second kappa shape index (κ2) is 7.11. The van der Waals surface area contributed by atoms with E-state index < -0.39 is 5.54 Å². The second-order valence-corrected chi connectivity index (χ2v) is 7.72. The van der Waals surface area contributed by atoms with E-state index in [1.165, 1.54) is 11.3 Å². The molecule has 0 unspecified atom stereocenters. The number of nitrogens with one attached hydrogen (secondary N) is 2. The molecule has 0 bridgehead atoms. The summed E-state index contributed by atoms with van der Waals surface area (Å²) >= 11 is 0. The molecule has 1 saturated heterocycles. The molecule has 1 aliphatic heterocycles. The van der Waals surface area contributed by atoms with Gasteiger partial charge >= 0.3 is 6.03 Å². The lowest BCUT2D eigenvalue weighted by Crippen LogP contribution is -2.48. The Labute approximate surface area is 143 Å². The van der Waals surface area contributed by atoms with Gasteiger partial charge in [-0.25, -0.2) is 4.79 Å². The summed E-state index contributed by atoms with van der Waals surface area (Å²) < 4.78 is 0. The lowest BCUT2D eigenvalue weighted by atomic mass is 9.82. The molecule has 0 aromatic carbocycles. The number of hydrogen-bond donors (Lipinski definition) is 2. The summed E-state index contributed by atoms with van der Waals surface area (Å²) in [7, 11) is 0. The van der Waals surface area contributed by atoms with Gasteiger partial charge in [-0.1, -0.05) is 39.0 Å². The monoisotopic (exact) mass is 335 g/mol. The summed E-state index contributed by atoms with van der Waals surface area (Å²) in [4.78, 5) is 38.3. The van der Waals surface area contributed by atoms with Crippen LogP contribution in [0.3, 0.4) is 0 Å². The third kappa shape index (κ3) is 3.42. The van der Waals surface area contributed by atoms with Crippen LogP contribution in [0.15, 0.2) is 0 Å². The van der Waals surface area contributed by atoms with E-state index >= 15 is 0 Å². The molecule has 134 valence electrons. The van der Waals surface area contributed by atoms with Crippen LogP contribution >= 0.6 is 0 Å². The Balaban J connectivity index is 1.51. The van der Waals surface area contributed by atoms with Crippen molar-refractivity contribution in [1.82, 2.24) is 15.5 Å². The third-order valence-corrected chi connectivity index (χ3v) is 5.97. The van der Waals surface area contributed by atoms with Crippen molar-refractivity contribution in [3.63, 3.8) is 0 Å². The van der Waals surface area contributed by atoms with E-state index in [-0.39, 0.29) is 36.9 Å². The summed E-state index contributed by atoms with van der Waals surface area (Å²) in [5.74, 6) is 0.315. The highest BCUT2D eigenvalue weighted by Gasteiger charge is 2.51. The first kappa shape index (κ1) is 17.2. The summed E-state index contributed by atoms with van der Waals surface area (Å²) in [5, 5.41) is 5.97. The molecule has 0 aromatic heterocycles. The lowest BCUT2D eigenvalue weighted by Gasteiger charge is -2.30. The Hall–Kier alpha value is -1.59. The topological polar surface area (TPSA) is 78.5 Å². The number of carbonyl (C=O) groups is 3. The van der Waals surface area contributed by atoms with Gasteiger partial charge in [0.15, 0.2) is 0 Å². The van der Waals surface area contributed by atoms with Gasteiger partial charge in [0, 0.05) is 19.0 Å². The average molecular weight is 335 g/mol. The average Bonchev–Trinajstić information content (AvgIpc) is 2.79. The van der Waals surface area contributed by atoms with Gasteiger partial charge in [-0.15, -0.1) is 0 Å². The fourth-order valence-electron chi connectivity index (χ4n) is 4.40. The quantitative estimate of drug-likeness (QED) is 0.774. The van der Waals surface area contributed by atoms with E-state index in [0.29, 0.717) is 5.92 Å². The highest BCUT2D eigenvalue weighted by atomic mass is 16.2. The van der Waals surface area contributed by atoms with Crippen LogP contribution in [0.5, 0.6) is 0 Å². The van der Waals surface area contributed by atoms with Crippen molar-refractivity contribution in [3.05, 3.63) is 0 Å². The van der Waals surface area contributed by atoms with Gasteiger partial charge in [-0.05, 0) is 31.6 Å². The first-order valence-electron chi connectivity index (χ1n) is 9.45. The molecule has 3 rings (SSSR count). The lowest BCUT2D eigenvalue weighted by molar-refractivity contribution is -0.132. The first-order chi connectivity index (χ1) is 11.5. The van der Waals surface area contributed by atoms with E-state index in [4.69, 9.17) is 0 Å². The van der Waals surface area contributed by atoms with Gasteiger partial charge in [0.1, 0.15) is 5.54 Å². The maximum Gasteiger partial charge on any atom is 0.325 e. The van der Waals surface area contributed by atoms with E-state index in [0.717, 1.165) is 51.4 Å². The molecule has 6 nitrogen and oxygen atoms in total. The molecule has 1 spiro atoms. The van der Waals surface area contributed by atoms with Crippen molar-refractivity contribution in [2.24, 2.45) is 5.92 Å². The zero-order chi connectivity index (χ0) is 17.2. The molecule has 2 saturated carbocycles. The van der Waals surface area contributed by atoms with Gasteiger partial charge < -0.3 is 10.6 Å². The highest BCUT2D eigenvalue weighted by Crippen LogP contribution is 2.33. The van der Waals surface area contributed by atoms with Crippen LogP contribution in [0.2, 0.25) is 0 Å². The Kier molecular flexibility index (Phi) is 5.11. The maximum atomic E-state index is 12.7. The molecule has 2 atom stereocenters. The van der Waals surface area contributed by atoms with Crippen molar-refractivity contribution in [2.75, 3.05) is 6.54 Å². The zero-order valence-electron chi connectivity index (χ0n) is 14.6. The van der Waals surface area contributed by atoms with Gasteiger partial charge in [0.05, 0.1) is 0 Å². The van der Waals surface area contributed by atoms with Crippen molar-refractivity contribution < 1.29 is 14.4 Å². The predicted octanol–water partition coefficient (Wildman–Crippen LogP) is 2.33. The normalized spacial score (nSPS) is 29.6. The van der Waals surface area contributed by atoms with Gasteiger partial charge in [0.2, 0.25) is 5.91 Å². The standard InChI is InChI=1S/C18H29N3O3/c1-13-7-3-4-8-14(13)19-15(22)9-12-21-16(23)18(20-17(21)24)10-5-2-6-11-18/h13-14H,2-12H2,1H3,(H,19,22)(H,20,24)/t13-,14-/m0/s1. The molecule has 0 aromatic rings. The number of amides is 4. The van der Waals surface area contributed by atoms with Crippen LogP contribution in [0.4, 0.5) is 4.79 Å². The molecular weight excluding hydrogens is 306 g/mol. The van der Waals surface area contributed by atoms with Crippen LogP contribution in [-0.2, 0) is 9.59 Å². The predicted molar refractivity (Wildman–Crippen MR) is 90.2 cm³/mol. The fourth-order valence-corrected chi connectivity index (χ4v) is 4.40. The first-order valence-corrected chi connectivity index (χ1v) is 9.45. The minimum Gasteiger partial charge on any atom is -0.353 e. The van der Waals surface area contributed by atoms with Gasteiger partial charge in [-0.3, -0.25) is 14.5 Å². The molecular formula is C18H29N3O3. The number of rotatable bonds is 4. The van der Waals surface area contributed by atoms with E-state index in [2.05, 4.69) is 17.6 Å². The van der Waals surface area contributed by atoms with Crippen molar-refractivity contribution in [3.8, 4) is 0 Å². The van der Waals surface area contributed by atoms with Crippen molar-refractivity contribution >= 4 is 17.8 Å². The smallest absolute Gasteiger partial charge is 0.325 e. The van der Waals surface area contributed by atoms with Crippen LogP contribution in [0.25, 0.3) is 0 Å². The minimum atomic E-state index is -0.691. The van der Waals surface area contributed by atoms with Crippen molar-refractivity contribution in [1.29, 1.82) is 0 Å². The van der Waals surface area contributed by atoms with Crippen molar-refractivity contribution in [2.45, 2.75) is 82.7 Å². The van der Waals surface area contributed by atoms with Gasteiger partial charge in [0.25, 0.3) is 5.91 Å². The third-order valence-electron chi connectivity index (χ3n) is 5.97. The summed E-state index contributed by atoms with van der Waals surface area (Å²) in [5.41, 5.74) is -0.691. The number of hydrogen-bond acceptors (Lipinski definition) is 3. The van der Waals surface area contributed by atoms with Crippen LogP contribution in [0.1, 0.15) is 71.1 Å². The molecule has 1 heterocycles. The van der Waals surface area contributed by atoms with E-state index in [1.54, 1.807) is 0 Å². The number of urea groups is 1. The molecule has 0 radical (unpaired) electrons. The van der Waals surface area contributed by atoms with Crippen LogP contribution in [0, 0.1) is 5.92 Å². The summed E-state index contributed by atoms with van der Waals surface area (Å²) in [6.07, 6.45) is 9.27. The summed E-state index contributed by atoms with van der Waals surface area (Å²) in [6, 6.07) is -0.0974. The molecule has 24 heavy (non-hydrogen) atoms. The fraction of sp³-hybridized carbons (Fsp3) is 0.833. The Bertz CT molecular complexity index is 514. The van der Waals surface area contributed by atoms with Crippen LogP contribution < -0.4 is 10.6 Å². The molecule has 2 aliphatic carbocycles.